The van der Waals surface area contributed by atoms with Crippen LogP contribution in [0, 0.1) is 0 Å². The van der Waals surface area contributed by atoms with Crippen LogP contribution in [0.25, 0.3) is 0 Å². The van der Waals surface area contributed by atoms with Gasteiger partial charge in [0.2, 0.25) is 0 Å². The van der Waals surface area contributed by atoms with Gasteiger partial charge in [0.25, 0.3) is 0 Å². The smallest absolute Gasteiger partial charge is 0.335 e. The summed E-state index contributed by atoms with van der Waals surface area (Å²) in [5.41, 5.74) is 0. The van der Waals surface area contributed by atoms with Gasteiger partial charge in [0.05, 0.1) is 6.61 Å². The average Bonchev–Trinajstić information content (AvgIpc) is 3.23. The van der Waals surface area contributed by atoms with Crippen molar-refractivity contribution in [2.75, 3.05) is 13.2 Å². The number of aliphatic carboxylic acids is 1. The zero-order chi connectivity index (χ0) is 43.9. The Hall–Kier alpha value is -2.05. The Morgan fingerprint density at radius 3 is 1.30 bits per heavy atom. The van der Waals surface area contributed by atoms with Crippen LogP contribution in [0.2, 0.25) is 0 Å². The van der Waals surface area contributed by atoms with Crippen molar-refractivity contribution < 1.29 is 53.8 Å². The standard InChI is InChI=1S/C49H90O11/c1-3-5-7-9-11-13-15-17-19-21-22-24-26-28-30-32-34-36-38-43(51)59-41(40-58-49-46(54)44(52)45(53)47(60-49)48(55)56)39-57-42(50)37-35-33-31-29-27-25-23-20-18-16-14-12-10-8-6-4-2/h20,23,41,44-47,49,52-54H,3-19,21-22,24-40H2,1-2H3,(H,55,56)/b23-20-. The number of hydrogen-bond donors (Lipinski definition) is 4. The van der Waals surface area contributed by atoms with Crippen LogP contribution in [0.4, 0.5) is 0 Å². The van der Waals surface area contributed by atoms with Gasteiger partial charge in [-0.15, -0.1) is 0 Å². The highest BCUT2D eigenvalue weighted by Crippen LogP contribution is 2.23. The number of unbranched alkanes of at least 4 members (excludes halogenated alkanes) is 29. The fraction of sp³-hybridized carbons (Fsp3) is 0.898. The number of allylic oxidation sites excluding steroid dienone is 2. The molecule has 11 nitrogen and oxygen atoms in total. The molecule has 0 amide bonds. The summed E-state index contributed by atoms with van der Waals surface area (Å²) in [6.45, 7) is 3.84. The molecule has 11 heteroatoms. The molecule has 6 atom stereocenters. The lowest BCUT2D eigenvalue weighted by molar-refractivity contribution is -0.298. The maximum Gasteiger partial charge on any atom is 0.335 e. The first-order valence-corrected chi connectivity index (χ1v) is 24.7. The summed E-state index contributed by atoms with van der Waals surface area (Å²) in [6.07, 6.45) is 34.0. The van der Waals surface area contributed by atoms with Crippen molar-refractivity contribution >= 4 is 17.9 Å². The molecular weight excluding hydrogens is 765 g/mol. The van der Waals surface area contributed by atoms with E-state index >= 15 is 0 Å². The van der Waals surface area contributed by atoms with E-state index in [-0.39, 0.29) is 26.1 Å². The van der Waals surface area contributed by atoms with Crippen LogP contribution in [0.1, 0.15) is 232 Å². The lowest BCUT2D eigenvalue weighted by atomic mass is 9.99. The van der Waals surface area contributed by atoms with Crippen LogP contribution in [-0.4, -0.2) is 88.4 Å². The highest BCUT2D eigenvalue weighted by atomic mass is 16.7. The normalized spacial score (nSPS) is 19.8. The third-order valence-electron chi connectivity index (χ3n) is 11.6. The third-order valence-corrected chi connectivity index (χ3v) is 11.6. The number of carbonyl (C=O) groups excluding carboxylic acids is 2. The summed E-state index contributed by atoms with van der Waals surface area (Å²) < 4.78 is 21.8. The first-order chi connectivity index (χ1) is 29.2. The average molecular weight is 855 g/mol. The Morgan fingerprint density at radius 1 is 0.500 bits per heavy atom. The zero-order valence-electron chi connectivity index (χ0n) is 38.2. The molecule has 60 heavy (non-hydrogen) atoms. The summed E-state index contributed by atoms with van der Waals surface area (Å²) in [4.78, 5) is 36.9. The number of aliphatic hydroxyl groups is 3. The minimum absolute atomic E-state index is 0.187. The second-order valence-electron chi connectivity index (χ2n) is 17.3. The van der Waals surface area contributed by atoms with Crippen molar-refractivity contribution in [3.05, 3.63) is 12.2 Å². The van der Waals surface area contributed by atoms with Crippen molar-refractivity contribution in [2.45, 2.75) is 269 Å². The lowest BCUT2D eigenvalue weighted by Gasteiger charge is -2.38. The number of aliphatic hydroxyl groups excluding tert-OH is 3. The number of hydrogen-bond acceptors (Lipinski definition) is 10. The Labute approximate surface area is 365 Å². The number of rotatable bonds is 42. The maximum atomic E-state index is 12.8. The molecule has 0 aromatic rings. The van der Waals surface area contributed by atoms with Gasteiger partial charge in [0.15, 0.2) is 18.5 Å². The Morgan fingerprint density at radius 2 is 0.883 bits per heavy atom. The molecule has 352 valence electrons. The second kappa shape index (κ2) is 39.8. The quantitative estimate of drug-likeness (QED) is 0.0262. The minimum atomic E-state index is -1.86. The summed E-state index contributed by atoms with van der Waals surface area (Å²) in [5, 5.41) is 39.9. The van der Waals surface area contributed by atoms with Crippen LogP contribution >= 0.6 is 0 Å². The van der Waals surface area contributed by atoms with E-state index in [0.717, 1.165) is 57.8 Å². The van der Waals surface area contributed by atoms with Crippen molar-refractivity contribution in [3.8, 4) is 0 Å². The van der Waals surface area contributed by atoms with Gasteiger partial charge >= 0.3 is 17.9 Å². The van der Waals surface area contributed by atoms with E-state index in [1.165, 1.54) is 135 Å². The van der Waals surface area contributed by atoms with Gasteiger partial charge < -0.3 is 39.4 Å². The predicted octanol–water partition coefficient (Wildman–Crippen LogP) is 11.2. The molecule has 0 radical (unpaired) electrons. The minimum Gasteiger partial charge on any atom is -0.479 e. The van der Waals surface area contributed by atoms with Gasteiger partial charge in [-0.05, 0) is 38.5 Å². The number of carboxylic acids is 1. The third kappa shape index (κ3) is 30.9. The van der Waals surface area contributed by atoms with E-state index in [4.69, 9.17) is 18.9 Å². The SMILES string of the molecule is CCCCCCCCC/C=C\CCCCCCCC(=O)OCC(COC1OC(C(=O)O)C(O)C(O)C1O)OC(=O)CCCCCCCCCCCCCCCCCCCC. The molecule has 1 aliphatic rings. The maximum absolute atomic E-state index is 12.8. The summed E-state index contributed by atoms with van der Waals surface area (Å²) in [7, 11) is 0. The first-order valence-electron chi connectivity index (χ1n) is 24.7. The highest BCUT2D eigenvalue weighted by molar-refractivity contribution is 5.73. The number of carboxylic acid groups (broad SMARTS) is 1. The van der Waals surface area contributed by atoms with Crippen molar-refractivity contribution in [3.63, 3.8) is 0 Å². The second-order valence-corrected chi connectivity index (χ2v) is 17.3. The van der Waals surface area contributed by atoms with Crippen LogP contribution in [0.15, 0.2) is 12.2 Å². The van der Waals surface area contributed by atoms with Crippen LogP contribution in [0.5, 0.6) is 0 Å². The fourth-order valence-electron chi connectivity index (χ4n) is 7.70. The molecule has 0 aromatic carbocycles. The van der Waals surface area contributed by atoms with Gasteiger partial charge in [-0.1, -0.05) is 193 Å². The zero-order valence-corrected chi connectivity index (χ0v) is 38.2. The molecule has 0 bridgehead atoms. The molecule has 0 saturated carbocycles. The van der Waals surface area contributed by atoms with E-state index < -0.39 is 54.7 Å². The van der Waals surface area contributed by atoms with Gasteiger partial charge in [-0.3, -0.25) is 9.59 Å². The molecule has 0 aliphatic carbocycles. The van der Waals surface area contributed by atoms with E-state index in [9.17, 15) is 34.8 Å². The highest BCUT2D eigenvalue weighted by Gasteiger charge is 2.47. The Kier molecular flexibility index (Phi) is 37.1. The van der Waals surface area contributed by atoms with Gasteiger partial charge in [-0.25, -0.2) is 4.79 Å². The lowest BCUT2D eigenvalue weighted by Crippen LogP contribution is -2.60. The predicted molar refractivity (Wildman–Crippen MR) is 239 cm³/mol. The van der Waals surface area contributed by atoms with Crippen molar-refractivity contribution in [2.24, 2.45) is 0 Å². The summed E-state index contributed by atoms with van der Waals surface area (Å²) in [6, 6.07) is 0. The number of esters is 2. The molecule has 6 unspecified atom stereocenters. The first kappa shape index (κ1) is 56.0. The van der Waals surface area contributed by atoms with E-state index in [1.807, 2.05) is 0 Å². The molecule has 0 aromatic heterocycles. The molecule has 0 spiro atoms. The number of ether oxygens (including phenoxy) is 4. The molecule has 1 saturated heterocycles. The van der Waals surface area contributed by atoms with Crippen LogP contribution in [-0.2, 0) is 33.3 Å². The fourth-order valence-corrected chi connectivity index (χ4v) is 7.70. The number of carbonyl (C=O) groups is 3. The van der Waals surface area contributed by atoms with Gasteiger partial charge in [0, 0.05) is 12.8 Å². The van der Waals surface area contributed by atoms with E-state index in [2.05, 4.69) is 26.0 Å². The molecule has 1 aliphatic heterocycles. The largest absolute Gasteiger partial charge is 0.479 e. The van der Waals surface area contributed by atoms with Gasteiger partial charge in [-0.2, -0.15) is 0 Å². The van der Waals surface area contributed by atoms with Crippen molar-refractivity contribution in [1.29, 1.82) is 0 Å². The summed E-state index contributed by atoms with van der Waals surface area (Å²) in [5.74, 6) is -2.44. The molecular formula is C49H90O11. The Balaban J connectivity index is 2.32. The van der Waals surface area contributed by atoms with E-state index in [0.29, 0.717) is 12.8 Å². The van der Waals surface area contributed by atoms with Crippen LogP contribution in [0.3, 0.4) is 0 Å². The molecule has 1 rings (SSSR count). The molecule has 1 fully saturated rings. The van der Waals surface area contributed by atoms with Gasteiger partial charge in [0.1, 0.15) is 24.9 Å². The Bertz CT molecular complexity index is 1050. The molecule has 1 heterocycles. The van der Waals surface area contributed by atoms with Crippen LogP contribution < -0.4 is 0 Å². The van der Waals surface area contributed by atoms with E-state index in [1.54, 1.807) is 0 Å². The monoisotopic (exact) mass is 855 g/mol. The topological polar surface area (TPSA) is 169 Å². The van der Waals surface area contributed by atoms with Crippen molar-refractivity contribution in [1.82, 2.24) is 0 Å². The molecule has 4 N–H and O–H groups in total. The summed E-state index contributed by atoms with van der Waals surface area (Å²) >= 11 is 0.